The van der Waals surface area contributed by atoms with Gasteiger partial charge < -0.3 is 9.80 Å². The van der Waals surface area contributed by atoms with Gasteiger partial charge in [-0.3, -0.25) is 0 Å². The maximum Gasteiger partial charge on any atom is 0.214 e. The molecule has 0 aromatic carbocycles. The Morgan fingerprint density at radius 1 is 1.25 bits per heavy atom. The van der Waals surface area contributed by atoms with Gasteiger partial charge in [0.2, 0.25) is 10.1 Å². The minimum Gasteiger partial charge on any atom is -0.344 e. The number of anilines is 1. The highest BCUT2D eigenvalue weighted by atomic mass is 32.1. The number of aromatic nitrogens is 3. The second-order valence-electron chi connectivity index (χ2n) is 4.28. The average Bonchev–Trinajstić information content (AvgIpc) is 2.75. The lowest BCUT2D eigenvalue weighted by molar-refractivity contribution is 0.312. The average molecular weight is 237 g/mol. The second kappa shape index (κ2) is 3.71. The van der Waals surface area contributed by atoms with Crippen LogP contribution in [-0.2, 0) is 0 Å². The summed E-state index contributed by atoms with van der Waals surface area (Å²) in [6.07, 6.45) is 1.98. The van der Waals surface area contributed by atoms with Gasteiger partial charge in [0.1, 0.15) is 0 Å². The summed E-state index contributed by atoms with van der Waals surface area (Å²) in [5, 5.41) is 5.66. The zero-order chi connectivity index (χ0) is 11.1. The Balaban J connectivity index is 1.85. The van der Waals surface area contributed by atoms with Gasteiger partial charge in [0, 0.05) is 26.2 Å². The number of imidazole rings is 1. The topological polar surface area (TPSA) is 36.7 Å². The maximum atomic E-state index is 4.56. The molecule has 1 aliphatic rings. The van der Waals surface area contributed by atoms with Gasteiger partial charge in [0.15, 0.2) is 0 Å². The summed E-state index contributed by atoms with van der Waals surface area (Å²) in [5.41, 5.74) is 1.03. The van der Waals surface area contributed by atoms with E-state index in [2.05, 4.69) is 26.9 Å². The Hall–Kier alpha value is -1.14. The lowest BCUT2D eigenvalue weighted by Gasteiger charge is -2.31. The molecule has 1 fully saturated rings. The Bertz CT molecular complexity index is 463. The highest BCUT2D eigenvalue weighted by Gasteiger charge is 2.18. The van der Waals surface area contributed by atoms with Gasteiger partial charge >= 0.3 is 0 Å². The van der Waals surface area contributed by atoms with Crippen LogP contribution in [0.25, 0.3) is 4.96 Å². The molecule has 2 aromatic rings. The molecular formula is C10H15N5S. The normalized spacial score (nSPS) is 18.5. The molecule has 5 nitrogen and oxygen atoms in total. The number of piperazine rings is 1. The van der Waals surface area contributed by atoms with Crippen LogP contribution in [0.1, 0.15) is 5.69 Å². The quantitative estimate of drug-likeness (QED) is 0.737. The SMILES string of the molecule is Cc1cn2nc(N3CCN(C)CC3)sc2n1. The van der Waals surface area contributed by atoms with Crippen LogP contribution in [0.2, 0.25) is 0 Å². The summed E-state index contributed by atoms with van der Waals surface area (Å²) < 4.78 is 1.88. The molecule has 3 rings (SSSR count). The fourth-order valence-corrected chi connectivity index (χ4v) is 2.90. The zero-order valence-electron chi connectivity index (χ0n) is 9.55. The van der Waals surface area contributed by atoms with E-state index in [1.165, 1.54) is 0 Å². The van der Waals surface area contributed by atoms with Crippen molar-refractivity contribution >= 4 is 21.4 Å². The smallest absolute Gasteiger partial charge is 0.214 e. The first-order chi connectivity index (χ1) is 7.72. The molecule has 0 atom stereocenters. The number of likely N-dealkylation sites (N-methyl/N-ethyl adjacent to an activating group) is 1. The van der Waals surface area contributed by atoms with Crippen molar-refractivity contribution in [1.82, 2.24) is 19.5 Å². The first-order valence-electron chi connectivity index (χ1n) is 5.49. The van der Waals surface area contributed by atoms with Crippen LogP contribution in [0.4, 0.5) is 5.13 Å². The van der Waals surface area contributed by atoms with Gasteiger partial charge in [-0.2, -0.15) is 0 Å². The third-order valence-electron chi connectivity index (χ3n) is 2.93. The zero-order valence-corrected chi connectivity index (χ0v) is 10.4. The summed E-state index contributed by atoms with van der Waals surface area (Å²) in [4.78, 5) is 10.1. The van der Waals surface area contributed by atoms with E-state index in [4.69, 9.17) is 0 Å². The van der Waals surface area contributed by atoms with E-state index in [9.17, 15) is 0 Å². The van der Waals surface area contributed by atoms with Gasteiger partial charge in [0.05, 0.1) is 11.9 Å². The fraction of sp³-hybridized carbons (Fsp3) is 0.600. The Morgan fingerprint density at radius 3 is 2.69 bits per heavy atom. The second-order valence-corrected chi connectivity index (χ2v) is 5.22. The van der Waals surface area contributed by atoms with Crippen LogP contribution in [0.15, 0.2) is 6.20 Å². The molecule has 2 aromatic heterocycles. The number of hydrogen-bond acceptors (Lipinski definition) is 5. The summed E-state index contributed by atoms with van der Waals surface area (Å²) in [6.45, 7) is 6.34. The number of aryl methyl sites for hydroxylation is 1. The number of rotatable bonds is 1. The predicted molar refractivity (Wildman–Crippen MR) is 65.3 cm³/mol. The van der Waals surface area contributed by atoms with Crippen molar-refractivity contribution in [3.63, 3.8) is 0 Å². The highest BCUT2D eigenvalue weighted by Crippen LogP contribution is 2.23. The third kappa shape index (κ3) is 1.68. The van der Waals surface area contributed by atoms with E-state index in [1.807, 2.05) is 17.6 Å². The van der Waals surface area contributed by atoms with Crippen LogP contribution in [0, 0.1) is 6.92 Å². The van der Waals surface area contributed by atoms with Gasteiger partial charge in [-0.25, -0.2) is 9.50 Å². The van der Waals surface area contributed by atoms with Crippen molar-refractivity contribution in [2.75, 3.05) is 38.1 Å². The van der Waals surface area contributed by atoms with Crippen molar-refractivity contribution in [3.8, 4) is 0 Å². The highest BCUT2D eigenvalue weighted by molar-refractivity contribution is 7.20. The molecule has 0 radical (unpaired) electrons. The predicted octanol–water partition coefficient (Wildman–Crippen LogP) is 0.851. The molecule has 0 saturated carbocycles. The molecule has 0 spiro atoms. The van der Waals surface area contributed by atoms with E-state index in [0.717, 1.165) is 42.0 Å². The van der Waals surface area contributed by atoms with Crippen molar-refractivity contribution in [3.05, 3.63) is 11.9 Å². The standard InChI is InChI=1S/C10H15N5S/c1-8-7-15-9(11-8)16-10(12-15)14-5-3-13(2)4-6-14/h7H,3-6H2,1-2H3. The lowest BCUT2D eigenvalue weighted by Crippen LogP contribution is -2.44. The van der Waals surface area contributed by atoms with Gasteiger partial charge in [0.25, 0.3) is 0 Å². The summed E-state index contributed by atoms with van der Waals surface area (Å²) >= 11 is 1.67. The van der Waals surface area contributed by atoms with Crippen LogP contribution < -0.4 is 4.90 Å². The molecule has 0 aliphatic carbocycles. The van der Waals surface area contributed by atoms with E-state index in [-0.39, 0.29) is 0 Å². The molecule has 3 heterocycles. The largest absolute Gasteiger partial charge is 0.344 e. The molecule has 0 bridgehead atoms. The van der Waals surface area contributed by atoms with Crippen molar-refractivity contribution < 1.29 is 0 Å². The monoisotopic (exact) mass is 237 g/mol. The molecule has 86 valence electrons. The van der Waals surface area contributed by atoms with Crippen molar-refractivity contribution in [1.29, 1.82) is 0 Å². The number of nitrogens with zero attached hydrogens (tertiary/aromatic N) is 5. The van der Waals surface area contributed by atoms with E-state index < -0.39 is 0 Å². The third-order valence-corrected chi connectivity index (χ3v) is 3.91. The van der Waals surface area contributed by atoms with Crippen LogP contribution in [-0.4, -0.2) is 52.7 Å². The first-order valence-corrected chi connectivity index (χ1v) is 6.30. The fourth-order valence-electron chi connectivity index (χ4n) is 1.92. The van der Waals surface area contributed by atoms with E-state index in [0.29, 0.717) is 0 Å². The Labute approximate surface area is 98.3 Å². The van der Waals surface area contributed by atoms with Crippen molar-refractivity contribution in [2.24, 2.45) is 0 Å². The first kappa shape index (κ1) is 10.0. The number of hydrogen-bond donors (Lipinski definition) is 0. The van der Waals surface area contributed by atoms with Gasteiger partial charge in [-0.15, -0.1) is 5.10 Å². The Morgan fingerprint density at radius 2 is 2.00 bits per heavy atom. The summed E-state index contributed by atoms with van der Waals surface area (Å²) in [6, 6.07) is 0. The minimum atomic E-state index is 0.992. The molecular weight excluding hydrogens is 222 g/mol. The molecule has 1 aliphatic heterocycles. The summed E-state index contributed by atoms with van der Waals surface area (Å²) in [7, 11) is 2.16. The molecule has 0 amide bonds. The minimum absolute atomic E-state index is 0.992. The van der Waals surface area contributed by atoms with Gasteiger partial charge in [-0.1, -0.05) is 11.3 Å². The summed E-state index contributed by atoms with van der Waals surface area (Å²) in [5.74, 6) is 0. The maximum absolute atomic E-state index is 4.56. The van der Waals surface area contributed by atoms with Crippen LogP contribution in [0.3, 0.4) is 0 Å². The van der Waals surface area contributed by atoms with E-state index in [1.54, 1.807) is 11.3 Å². The van der Waals surface area contributed by atoms with Crippen LogP contribution >= 0.6 is 11.3 Å². The lowest BCUT2D eigenvalue weighted by atomic mass is 10.3. The molecule has 16 heavy (non-hydrogen) atoms. The van der Waals surface area contributed by atoms with Gasteiger partial charge in [-0.05, 0) is 14.0 Å². The van der Waals surface area contributed by atoms with Crippen molar-refractivity contribution in [2.45, 2.75) is 6.92 Å². The molecule has 0 N–H and O–H groups in total. The molecule has 1 saturated heterocycles. The Kier molecular flexibility index (Phi) is 2.33. The molecule has 6 heteroatoms. The van der Waals surface area contributed by atoms with Crippen LogP contribution in [0.5, 0.6) is 0 Å². The molecule has 0 unspecified atom stereocenters. The number of fused-ring (bicyclic) bond motifs is 1. The van der Waals surface area contributed by atoms with E-state index >= 15 is 0 Å².